The van der Waals surface area contributed by atoms with Crippen LogP contribution in [0.3, 0.4) is 0 Å². The highest BCUT2D eigenvalue weighted by molar-refractivity contribution is 5.77. The molecule has 2 rings (SSSR count). The van der Waals surface area contributed by atoms with Gasteiger partial charge < -0.3 is 14.6 Å². The molecular weight excluding hydrogens is 250 g/mol. The van der Waals surface area contributed by atoms with Crippen molar-refractivity contribution < 1.29 is 5.11 Å². The van der Waals surface area contributed by atoms with Crippen molar-refractivity contribution in [3.63, 3.8) is 0 Å². The van der Waals surface area contributed by atoms with Crippen molar-refractivity contribution >= 4 is 11.0 Å². The number of nitrogens with zero attached hydrogens (tertiary/aromatic N) is 3. The van der Waals surface area contributed by atoms with Gasteiger partial charge in [0, 0.05) is 6.54 Å². The molecule has 1 heterocycles. The summed E-state index contributed by atoms with van der Waals surface area (Å²) in [6.07, 6.45) is 1.05. The highest BCUT2D eigenvalue weighted by Gasteiger charge is 2.11. The number of imidazole rings is 1. The fraction of sp³-hybridized carbons (Fsp3) is 0.562. The maximum atomic E-state index is 9.51. The Kier molecular flexibility index (Phi) is 4.78. The normalized spacial score (nSPS) is 11.9. The molecule has 0 radical (unpaired) electrons. The lowest BCUT2D eigenvalue weighted by Gasteiger charge is -2.12. The first-order chi connectivity index (χ1) is 9.52. The molecule has 2 aromatic rings. The zero-order valence-corrected chi connectivity index (χ0v) is 12.9. The number of aliphatic hydroxyl groups excluding tert-OH is 1. The van der Waals surface area contributed by atoms with Crippen LogP contribution in [0, 0.1) is 0 Å². The third-order valence-electron chi connectivity index (χ3n) is 3.65. The fourth-order valence-electron chi connectivity index (χ4n) is 2.47. The molecule has 0 unspecified atom stereocenters. The summed E-state index contributed by atoms with van der Waals surface area (Å²) in [7, 11) is 4.15. The Hall–Kier alpha value is -1.39. The first-order valence-electron chi connectivity index (χ1n) is 7.27. The van der Waals surface area contributed by atoms with Gasteiger partial charge in [-0.2, -0.15) is 0 Å². The molecule has 4 nitrogen and oxygen atoms in total. The molecule has 1 aromatic heterocycles. The molecule has 0 aliphatic heterocycles. The summed E-state index contributed by atoms with van der Waals surface area (Å²) in [5.74, 6) is 1.26. The Morgan fingerprint density at radius 1 is 1.30 bits per heavy atom. The van der Waals surface area contributed by atoms with Crippen LogP contribution < -0.4 is 0 Å². The van der Waals surface area contributed by atoms with Crippen molar-refractivity contribution in [2.45, 2.75) is 39.3 Å². The topological polar surface area (TPSA) is 41.3 Å². The molecular formula is C16H25N3O. The fourth-order valence-corrected chi connectivity index (χ4v) is 2.47. The van der Waals surface area contributed by atoms with Crippen LogP contribution in [-0.4, -0.2) is 40.2 Å². The average Bonchev–Trinajstić information content (AvgIpc) is 2.75. The molecule has 0 aliphatic rings. The van der Waals surface area contributed by atoms with Gasteiger partial charge in [0.05, 0.1) is 11.0 Å². The first-order valence-corrected chi connectivity index (χ1v) is 7.27. The molecule has 20 heavy (non-hydrogen) atoms. The highest BCUT2D eigenvalue weighted by Crippen LogP contribution is 2.22. The lowest BCUT2D eigenvalue weighted by atomic mass is 10.0. The lowest BCUT2D eigenvalue weighted by Crippen LogP contribution is -2.15. The maximum absolute atomic E-state index is 9.51. The van der Waals surface area contributed by atoms with Gasteiger partial charge in [0.2, 0.25) is 0 Å². The van der Waals surface area contributed by atoms with Gasteiger partial charge in [-0.1, -0.05) is 19.9 Å². The largest absolute Gasteiger partial charge is 0.388 e. The van der Waals surface area contributed by atoms with Gasteiger partial charge in [0.25, 0.3) is 0 Å². The summed E-state index contributed by atoms with van der Waals surface area (Å²) in [4.78, 5) is 6.75. The van der Waals surface area contributed by atoms with Crippen molar-refractivity contribution in [1.29, 1.82) is 0 Å². The van der Waals surface area contributed by atoms with Crippen LogP contribution >= 0.6 is 0 Å². The van der Waals surface area contributed by atoms with E-state index in [0.29, 0.717) is 5.92 Å². The zero-order chi connectivity index (χ0) is 14.7. The average molecular weight is 275 g/mol. The first kappa shape index (κ1) is 15.0. The Balaban J connectivity index is 2.32. The Labute approximate surface area is 121 Å². The van der Waals surface area contributed by atoms with Gasteiger partial charge in [-0.3, -0.25) is 0 Å². The molecule has 110 valence electrons. The quantitative estimate of drug-likeness (QED) is 0.881. The van der Waals surface area contributed by atoms with Gasteiger partial charge in [-0.05, 0) is 50.7 Å². The Morgan fingerprint density at radius 3 is 2.65 bits per heavy atom. The van der Waals surface area contributed by atoms with Gasteiger partial charge in [0.15, 0.2) is 0 Å². The van der Waals surface area contributed by atoms with Gasteiger partial charge in [-0.15, -0.1) is 0 Å². The molecule has 0 amide bonds. The zero-order valence-electron chi connectivity index (χ0n) is 12.9. The van der Waals surface area contributed by atoms with Crippen molar-refractivity contribution in [3.8, 4) is 0 Å². The van der Waals surface area contributed by atoms with Gasteiger partial charge in [0.1, 0.15) is 12.4 Å². The predicted octanol–water partition coefficient (Wildman–Crippen LogP) is 2.60. The molecule has 1 aromatic carbocycles. The minimum atomic E-state index is -0.00629. The van der Waals surface area contributed by atoms with Crippen LogP contribution in [0.2, 0.25) is 0 Å². The van der Waals surface area contributed by atoms with E-state index >= 15 is 0 Å². The monoisotopic (exact) mass is 275 g/mol. The molecule has 1 N–H and O–H groups in total. The second-order valence-corrected chi connectivity index (χ2v) is 5.90. The van der Waals surface area contributed by atoms with Crippen LogP contribution in [0.4, 0.5) is 0 Å². The molecule has 4 heteroatoms. The number of rotatable bonds is 6. The standard InChI is InChI=1S/C16H25N3O/c1-12(2)13-6-7-15-14(10-13)17-16(11-20)19(15)9-5-8-18(3)4/h6-7,10,12,20H,5,8-9,11H2,1-4H3. The van der Waals surface area contributed by atoms with E-state index in [1.54, 1.807) is 0 Å². The summed E-state index contributed by atoms with van der Waals surface area (Å²) in [6, 6.07) is 6.44. The predicted molar refractivity (Wildman–Crippen MR) is 82.9 cm³/mol. The van der Waals surface area contributed by atoms with Gasteiger partial charge >= 0.3 is 0 Å². The molecule has 0 spiro atoms. The van der Waals surface area contributed by atoms with E-state index in [1.807, 2.05) is 0 Å². The Bertz CT molecular complexity index is 572. The van der Waals surface area contributed by atoms with E-state index in [0.717, 1.165) is 36.4 Å². The number of aryl methyl sites for hydroxylation is 1. The summed E-state index contributed by atoms with van der Waals surface area (Å²) in [6.45, 7) is 6.29. The van der Waals surface area contributed by atoms with Crippen LogP contribution in [0.25, 0.3) is 11.0 Å². The molecule has 0 bridgehead atoms. The SMILES string of the molecule is CC(C)c1ccc2c(c1)nc(CO)n2CCCN(C)C. The lowest BCUT2D eigenvalue weighted by molar-refractivity contribution is 0.264. The van der Waals surface area contributed by atoms with E-state index in [4.69, 9.17) is 0 Å². The van der Waals surface area contributed by atoms with Crippen molar-refractivity contribution in [2.24, 2.45) is 0 Å². The number of benzene rings is 1. The van der Waals surface area contributed by atoms with E-state index in [9.17, 15) is 5.11 Å². The summed E-state index contributed by atoms with van der Waals surface area (Å²) in [5, 5.41) is 9.51. The van der Waals surface area contributed by atoms with Crippen LogP contribution in [0.1, 0.15) is 37.6 Å². The van der Waals surface area contributed by atoms with Gasteiger partial charge in [-0.25, -0.2) is 4.98 Å². The highest BCUT2D eigenvalue weighted by atomic mass is 16.3. The number of hydrogen-bond donors (Lipinski definition) is 1. The van der Waals surface area contributed by atoms with Crippen LogP contribution in [-0.2, 0) is 13.2 Å². The minimum Gasteiger partial charge on any atom is -0.388 e. The van der Waals surface area contributed by atoms with E-state index < -0.39 is 0 Å². The number of aliphatic hydroxyl groups is 1. The smallest absolute Gasteiger partial charge is 0.135 e. The second kappa shape index (κ2) is 6.37. The van der Waals surface area contributed by atoms with Crippen molar-refractivity contribution in [3.05, 3.63) is 29.6 Å². The maximum Gasteiger partial charge on any atom is 0.135 e. The molecule has 0 saturated heterocycles. The van der Waals surface area contributed by atoms with Crippen LogP contribution in [0.15, 0.2) is 18.2 Å². The molecule has 0 aliphatic carbocycles. The number of hydrogen-bond acceptors (Lipinski definition) is 3. The molecule has 0 fully saturated rings. The summed E-state index contributed by atoms with van der Waals surface area (Å²) in [5.41, 5.74) is 3.40. The molecule has 0 saturated carbocycles. The third-order valence-corrected chi connectivity index (χ3v) is 3.65. The third kappa shape index (κ3) is 3.19. The van der Waals surface area contributed by atoms with E-state index in [-0.39, 0.29) is 6.61 Å². The van der Waals surface area contributed by atoms with Crippen molar-refractivity contribution in [1.82, 2.24) is 14.5 Å². The number of aromatic nitrogens is 2. The van der Waals surface area contributed by atoms with Crippen molar-refractivity contribution in [2.75, 3.05) is 20.6 Å². The summed E-state index contributed by atoms with van der Waals surface area (Å²) >= 11 is 0. The van der Waals surface area contributed by atoms with Crippen LogP contribution in [0.5, 0.6) is 0 Å². The summed E-state index contributed by atoms with van der Waals surface area (Å²) < 4.78 is 2.14. The minimum absolute atomic E-state index is 0.00629. The Morgan fingerprint density at radius 2 is 2.05 bits per heavy atom. The molecule has 0 atom stereocenters. The second-order valence-electron chi connectivity index (χ2n) is 5.90. The van der Waals surface area contributed by atoms with E-state index in [1.165, 1.54) is 5.56 Å². The number of fused-ring (bicyclic) bond motifs is 1. The van der Waals surface area contributed by atoms with E-state index in [2.05, 4.69) is 60.6 Å².